The van der Waals surface area contributed by atoms with Crippen molar-refractivity contribution in [3.63, 3.8) is 0 Å². The molecular formula is C17H23BrN2O4. The van der Waals surface area contributed by atoms with Crippen LogP contribution in [0.3, 0.4) is 0 Å². The Morgan fingerprint density at radius 2 is 1.75 bits per heavy atom. The fourth-order valence-corrected chi connectivity index (χ4v) is 2.42. The van der Waals surface area contributed by atoms with E-state index in [1.54, 1.807) is 24.3 Å². The lowest BCUT2D eigenvalue weighted by Gasteiger charge is -2.17. The maximum Gasteiger partial charge on any atom is 0.305 e. The Bertz CT molecular complexity index is 560. The quantitative estimate of drug-likeness (QED) is 0.564. The van der Waals surface area contributed by atoms with Crippen LogP contribution in [-0.2, 0) is 14.4 Å². The summed E-state index contributed by atoms with van der Waals surface area (Å²) in [5.41, 5.74) is 0.731. The van der Waals surface area contributed by atoms with Crippen molar-refractivity contribution in [2.75, 3.05) is 6.54 Å². The van der Waals surface area contributed by atoms with Crippen LogP contribution in [0.5, 0.6) is 0 Å². The number of rotatable bonds is 10. The van der Waals surface area contributed by atoms with E-state index in [1.807, 2.05) is 6.92 Å². The first-order valence-corrected chi connectivity index (χ1v) is 8.75. The van der Waals surface area contributed by atoms with Crippen molar-refractivity contribution in [2.45, 2.75) is 45.1 Å². The zero-order valence-corrected chi connectivity index (χ0v) is 15.3. The zero-order chi connectivity index (χ0) is 17.9. The molecular weight excluding hydrogens is 376 g/mol. The number of carbonyl (C=O) groups excluding carboxylic acids is 2. The number of halogens is 1. The molecule has 1 rings (SSSR count). The molecule has 2 amide bonds. The third-order valence-electron chi connectivity index (χ3n) is 3.37. The molecule has 3 N–H and O–H groups in total. The van der Waals surface area contributed by atoms with Crippen LogP contribution >= 0.6 is 15.9 Å². The summed E-state index contributed by atoms with van der Waals surface area (Å²) in [4.78, 5) is 34.5. The third kappa shape index (κ3) is 8.10. The van der Waals surface area contributed by atoms with E-state index < -0.39 is 12.0 Å². The second kappa shape index (κ2) is 10.8. The number of carbonyl (C=O) groups is 3. The molecule has 0 aliphatic carbocycles. The molecule has 0 spiro atoms. The van der Waals surface area contributed by atoms with Crippen LogP contribution < -0.4 is 10.6 Å². The molecule has 24 heavy (non-hydrogen) atoms. The van der Waals surface area contributed by atoms with Crippen LogP contribution in [0, 0.1) is 0 Å². The third-order valence-corrected chi connectivity index (χ3v) is 3.89. The minimum Gasteiger partial charge on any atom is -0.481 e. The molecule has 1 atom stereocenters. The highest BCUT2D eigenvalue weighted by atomic mass is 79.9. The fraction of sp³-hybridized carbons (Fsp3) is 0.471. The molecule has 0 aromatic heterocycles. The molecule has 0 heterocycles. The Balaban J connectivity index is 2.51. The SMILES string of the molecule is CCCNC(=O)CCCC(=O)NC(CC(=O)O)c1ccc(Br)cc1. The van der Waals surface area contributed by atoms with E-state index in [-0.39, 0.29) is 31.1 Å². The lowest BCUT2D eigenvalue weighted by Crippen LogP contribution is -2.30. The molecule has 0 radical (unpaired) electrons. The first kappa shape index (κ1) is 20.2. The molecule has 1 unspecified atom stereocenters. The van der Waals surface area contributed by atoms with Gasteiger partial charge in [-0.25, -0.2) is 0 Å². The first-order valence-electron chi connectivity index (χ1n) is 7.95. The van der Waals surface area contributed by atoms with Gasteiger partial charge in [-0.05, 0) is 30.5 Å². The van der Waals surface area contributed by atoms with Gasteiger partial charge in [-0.2, -0.15) is 0 Å². The molecule has 6 nitrogen and oxygen atoms in total. The Morgan fingerprint density at radius 3 is 2.33 bits per heavy atom. The van der Waals surface area contributed by atoms with Gasteiger partial charge in [0.15, 0.2) is 0 Å². The van der Waals surface area contributed by atoms with E-state index >= 15 is 0 Å². The predicted octanol–water partition coefficient (Wildman–Crippen LogP) is 2.78. The summed E-state index contributed by atoms with van der Waals surface area (Å²) in [6.07, 6.45) is 1.59. The monoisotopic (exact) mass is 398 g/mol. The number of hydrogen-bond donors (Lipinski definition) is 3. The number of carboxylic acid groups (broad SMARTS) is 1. The first-order chi connectivity index (χ1) is 11.4. The van der Waals surface area contributed by atoms with Gasteiger partial charge in [0.05, 0.1) is 12.5 Å². The molecule has 0 fully saturated rings. The minimum absolute atomic E-state index is 0.0698. The Labute approximate surface area is 150 Å². The number of nitrogens with one attached hydrogen (secondary N) is 2. The molecule has 132 valence electrons. The molecule has 7 heteroatoms. The molecule has 0 saturated heterocycles. The predicted molar refractivity (Wildman–Crippen MR) is 94.4 cm³/mol. The minimum atomic E-state index is -0.984. The average molecular weight is 399 g/mol. The number of carboxylic acids is 1. The Kier molecular flexibility index (Phi) is 9.07. The summed E-state index contributed by atoms with van der Waals surface area (Å²) < 4.78 is 0.879. The fourth-order valence-electron chi connectivity index (χ4n) is 2.15. The van der Waals surface area contributed by atoms with Crippen LogP contribution in [0.15, 0.2) is 28.7 Å². The highest BCUT2D eigenvalue weighted by Gasteiger charge is 2.18. The van der Waals surface area contributed by atoms with Crippen molar-refractivity contribution in [1.29, 1.82) is 0 Å². The molecule has 1 aromatic carbocycles. The van der Waals surface area contributed by atoms with Gasteiger partial charge >= 0.3 is 5.97 Å². The van der Waals surface area contributed by atoms with Gasteiger partial charge in [0.25, 0.3) is 0 Å². The Morgan fingerprint density at radius 1 is 1.12 bits per heavy atom. The lowest BCUT2D eigenvalue weighted by atomic mass is 10.0. The van der Waals surface area contributed by atoms with E-state index in [4.69, 9.17) is 5.11 Å². The van der Waals surface area contributed by atoms with Gasteiger partial charge in [0.2, 0.25) is 11.8 Å². The largest absolute Gasteiger partial charge is 0.481 e. The number of benzene rings is 1. The zero-order valence-electron chi connectivity index (χ0n) is 13.7. The van der Waals surface area contributed by atoms with Crippen molar-refractivity contribution in [1.82, 2.24) is 10.6 Å². The summed E-state index contributed by atoms with van der Waals surface area (Å²) in [6, 6.07) is 6.56. The molecule has 0 saturated carbocycles. The summed E-state index contributed by atoms with van der Waals surface area (Å²) in [5.74, 6) is -1.31. The van der Waals surface area contributed by atoms with Gasteiger partial charge in [-0.15, -0.1) is 0 Å². The molecule has 0 bridgehead atoms. The second-order valence-corrected chi connectivity index (χ2v) is 6.39. The van der Waals surface area contributed by atoms with Crippen molar-refractivity contribution in [3.8, 4) is 0 Å². The van der Waals surface area contributed by atoms with E-state index in [0.717, 1.165) is 16.5 Å². The molecule has 0 aliphatic rings. The van der Waals surface area contributed by atoms with Gasteiger partial charge in [0, 0.05) is 23.9 Å². The van der Waals surface area contributed by atoms with Gasteiger partial charge in [-0.1, -0.05) is 35.0 Å². The van der Waals surface area contributed by atoms with Crippen LogP contribution in [-0.4, -0.2) is 29.4 Å². The average Bonchev–Trinajstić information content (AvgIpc) is 2.52. The van der Waals surface area contributed by atoms with E-state index in [1.165, 1.54) is 0 Å². The van der Waals surface area contributed by atoms with Gasteiger partial charge < -0.3 is 15.7 Å². The van der Waals surface area contributed by atoms with Crippen molar-refractivity contribution in [3.05, 3.63) is 34.3 Å². The van der Waals surface area contributed by atoms with Crippen molar-refractivity contribution in [2.24, 2.45) is 0 Å². The normalized spacial score (nSPS) is 11.6. The summed E-state index contributed by atoms with van der Waals surface area (Å²) in [5, 5.41) is 14.5. The van der Waals surface area contributed by atoms with Crippen LogP contribution in [0.1, 0.15) is 50.6 Å². The highest BCUT2D eigenvalue weighted by molar-refractivity contribution is 9.10. The van der Waals surface area contributed by atoms with E-state index in [0.29, 0.717) is 13.0 Å². The number of hydrogen-bond acceptors (Lipinski definition) is 3. The Hall–Kier alpha value is -1.89. The van der Waals surface area contributed by atoms with Gasteiger partial charge in [0.1, 0.15) is 0 Å². The maximum absolute atomic E-state index is 12.0. The van der Waals surface area contributed by atoms with Crippen molar-refractivity contribution >= 4 is 33.7 Å². The number of aliphatic carboxylic acids is 1. The summed E-state index contributed by atoms with van der Waals surface area (Å²) in [7, 11) is 0. The van der Waals surface area contributed by atoms with Crippen LogP contribution in [0.25, 0.3) is 0 Å². The number of amides is 2. The topological polar surface area (TPSA) is 95.5 Å². The van der Waals surface area contributed by atoms with Gasteiger partial charge in [-0.3, -0.25) is 14.4 Å². The van der Waals surface area contributed by atoms with E-state index in [9.17, 15) is 14.4 Å². The lowest BCUT2D eigenvalue weighted by molar-refractivity contribution is -0.137. The van der Waals surface area contributed by atoms with Crippen LogP contribution in [0.4, 0.5) is 0 Å². The van der Waals surface area contributed by atoms with Crippen LogP contribution in [0.2, 0.25) is 0 Å². The maximum atomic E-state index is 12.0. The molecule has 0 aliphatic heterocycles. The second-order valence-electron chi connectivity index (χ2n) is 5.47. The summed E-state index contributed by atoms with van der Waals surface area (Å²) in [6.45, 7) is 2.60. The highest BCUT2D eigenvalue weighted by Crippen LogP contribution is 2.20. The summed E-state index contributed by atoms with van der Waals surface area (Å²) >= 11 is 3.32. The smallest absolute Gasteiger partial charge is 0.305 e. The standard InChI is InChI=1S/C17H23BrN2O4/c1-2-10-19-15(21)4-3-5-16(22)20-14(11-17(23)24)12-6-8-13(18)9-7-12/h6-9,14H,2-5,10-11H2,1H3,(H,19,21)(H,20,22)(H,23,24). The van der Waals surface area contributed by atoms with E-state index in [2.05, 4.69) is 26.6 Å². The van der Waals surface area contributed by atoms with Crippen molar-refractivity contribution < 1.29 is 19.5 Å². The molecule has 1 aromatic rings.